The minimum Gasteiger partial charge on any atom is -0.387 e. The average Bonchev–Trinajstić information content (AvgIpc) is 2.25. The Labute approximate surface area is 91.5 Å². The lowest BCUT2D eigenvalue weighted by Gasteiger charge is -2.13. The van der Waals surface area contributed by atoms with Gasteiger partial charge in [0.05, 0.1) is 11.9 Å². The molecule has 0 fully saturated rings. The quantitative estimate of drug-likeness (QED) is 0.765. The maximum absolute atomic E-state index is 12.0. The van der Waals surface area contributed by atoms with Crippen molar-refractivity contribution in [2.45, 2.75) is 17.4 Å². The van der Waals surface area contributed by atoms with Crippen LogP contribution in [0, 0.1) is 0 Å². The van der Waals surface area contributed by atoms with E-state index < -0.39 is 12.5 Å². The third-order valence-corrected chi connectivity index (χ3v) is 2.97. The van der Waals surface area contributed by atoms with Crippen molar-refractivity contribution in [2.75, 3.05) is 12.3 Å². The van der Waals surface area contributed by atoms with Gasteiger partial charge in [0.15, 0.2) is 0 Å². The van der Waals surface area contributed by atoms with Gasteiger partial charge in [0, 0.05) is 11.4 Å². The molecule has 5 heteroatoms. The summed E-state index contributed by atoms with van der Waals surface area (Å²) in [6.45, 7) is 0.0895. The minimum atomic E-state index is -2.35. The van der Waals surface area contributed by atoms with E-state index in [-0.39, 0.29) is 12.3 Å². The van der Waals surface area contributed by atoms with Gasteiger partial charge in [-0.15, -0.1) is 11.8 Å². The zero-order chi connectivity index (χ0) is 11.3. The average molecular weight is 233 g/mol. The second-order valence-corrected chi connectivity index (χ2v) is 4.05. The SMILES string of the molecule is NCC(O)c1ccccc1SCC(F)F. The van der Waals surface area contributed by atoms with Gasteiger partial charge in [-0.3, -0.25) is 0 Å². The Morgan fingerprint density at radius 2 is 2.00 bits per heavy atom. The molecule has 1 aromatic rings. The fourth-order valence-electron chi connectivity index (χ4n) is 1.17. The van der Waals surface area contributed by atoms with E-state index in [9.17, 15) is 13.9 Å². The summed E-state index contributed by atoms with van der Waals surface area (Å²) in [7, 11) is 0. The molecule has 0 aliphatic heterocycles. The first-order valence-corrected chi connectivity index (χ1v) is 5.51. The van der Waals surface area contributed by atoms with Crippen LogP contribution in [0.15, 0.2) is 29.2 Å². The predicted molar refractivity (Wildman–Crippen MR) is 57.2 cm³/mol. The van der Waals surface area contributed by atoms with Crippen LogP contribution >= 0.6 is 11.8 Å². The van der Waals surface area contributed by atoms with Gasteiger partial charge in [0.25, 0.3) is 0 Å². The summed E-state index contributed by atoms with van der Waals surface area (Å²) in [6, 6.07) is 6.91. The largest absolute Gasteiger partial charge is 0.387 e. The summed E-state index contributed by atoms with van der Waals surface area (Å²) in [5, 5.41) is 9.55. The Morgan fingerprint density at radius 1 is 1.33 bits per heavy atom. The second kappa shape index (κ2) is 6.05. The molecular weight excluding hydrogens is 220 g/mol. The summed E-state index contributed by atoms with van der Waals surface area (Å²) < 4.78 is 24.1. The fraction of sp³-hybridized carbons (Fsp3) is 0.400. The lowest BCUT2D eigenvalue weighted by Crippen LogP contribution is -2.12. The van der Waals surface area contributed by atoms with Crippen LogP contribution in [-0.4, -0.2) is 23.8 Å². The normalized spacial score (nSPS) is 13.1. The van der Waals surface area contributed by atoms with Gasteiger partial charge in [-0.05, 0) is 11.6 Å². The number of rotatable bonds is 5. The molecule has 0 bridgehead atoms. The first-order chi connectivity index (χ1) is 7.15. The van der Waals surface area contributed by atoms with E-state index in [1.807, 2.05) is 0 Å². The first kappa shape index (κ1) is 12.4. The van der Waals surface area contributed by atoms with Crippen molar-refractivity contribution < 1.29 is 13.9 Å². The van der Waals surface area contributed by atoms with Gasteiger partial charge in [-0.1, -0.05) is 18.2 Å². The number of hydrogen-bond acceptors (Lipinski definition) is 3. The third-order valence-electron chi connectivity index (χ3n) is 1.87. The number of halogens is 2. The molecule has 0 saturated carbocycles. The first-order valence-electron chi connectivity index (χ1n) is 4.53. The molecule has 0 aromatic heterocycles. The zero-order valence-electron chi connectivity index (χ0n) is 8.07. The maximum atomic E-state index is 12.0. The van der Waals surface area contributed by atoms with E-state index in [1.54, 1.807) is 24.3 Å². The van der Waals surface area contributed by atoms with Crippen LogP contribution in [0.1, 0.15) is 11.7 Å². The van der Waals surface area contributed by atoms with Crippen LogP contribution in [0.3, 0.4) is 0 Å². The number of thioether (sulfide) groups is 1. The Bertz CT molecular complexity index is 309. The number of benzene rings is 1. The van der Waals surface area contributed by atoms with Crippen LogP contribution in [-0.2, 0) is 0 Å². The van der Waals surface area contributed by atoms with E-state index in [2.05, 4.69) is 0 Å². The summed E-state index contributed by atoms with van der Waals surface area (Å²) >= 11 is 1.03. The van der Waals surface area contributed by atoms with Gasteiger partial charge in [-0.2, -0.15) is 0 Å². The third kappa shape index (κ3) is 3.77. The maximum Gasteiger partial charge on any atom is 0.247 e. The summed E-state index contributed by atoms with van der Waals surface area (Å²) in [4.78, 5) is 0.663. The van der Waals surface area contributed by atoms with Crippen molar-refractivity contribution >= 4 is 11.8 Å². The van der Waals surface area contributed by atoms with E-state index in [4.69, 9.17) is 5.73 Å². The summed E-state index contributed by atoms with van der Waals surface area (Å²) in [5.74, 6) is -0.270. The van der Waals surface area contributed by atoms with E-state index in [0.717, 1.165) is 11.8 Å². The van der Waals surface area contributed by atoms with Gasteiger partial charge >= 0.3 is 0 Å². The van der Waals surface area contributed by atoms with Gasteiger partial charge in [0.2, 0.25) is 6.43 Å². The lowest BCUT2D eigenvalue weighted by molar-refractivity contribution is 0.176. The Morgan fingerprint density at radius 3 is 2.60 bits per heavy atom. The molecule has 1 atom stereocenters. The number of aliphatic hydroxyl groups is 1. The Kier molecular flexibility index (Phi) is 5.01. The predicted octanol–water partition coefficient (Wildman–Crippen LogP) is 2.04. The van der Waals surface area contributed by atoms with E-state index in [0.29, 0.717) is 10.5 Å². The molecule has 1 aromatic carbocycles. The summed E-state index contributed by atoms with van der Waals surface area (Å²) in [5.41, 5.74) is 5.94. The van der Waals surface area contributed by atoms with Crippen molar-refractivity contribution in [2.24, 2.45) is 5.73 Å². The molecule has 1 rings (SSSR count). The highest BCUT2D eigenvalue weighted by molar-refractivity contribution is 7.99. The van der Waals surface area contributed by atoms with Gasteiger partial charge < -0.3 is 10.8 Å². The van der Waals surface area contributed by atoms with Crippen LogP contribution in [0.2, 0.25) is 0 Å². The molecule has 0 saturated heterocycles. The monoisotopic (exact) mass is 233 g/mol. The molecule has 15 heavy (non-hydrogen) atoms. The molecule has 0 heterocycles. The number of hydrogen-bond donors (Lipinski definition) is 2. The van der Waals surface area contributed by atoms with Crippen LogP contribution in [0.25, 0.3) is 0 Å². The molecule has 0 aliphatic rings. The van der Waals surface area contributed by atoms with E-state index in [1.165, 1.54) is 0 Å². The second-order valence-electron chi connectivity index (χ2n) is 2.99. The molecule has 84 valence electrons. The highest BCUT2D eigenvalue weighted by atomic mass is 32.2. The lowest BCUT2D eigenvalue weighted by atomic mass is 10.1. The molecule has 0 spiro atoms. The van der Waals surface area contributed by atoms with E-state index >= 15 is 0 Å². The topological polar surface area (TPSA) is 46.2 Å². The van der Waals surface area contributed by atoms with Crippen molar-refractivity contribution in [3.05, 3.63) is 29.8 Å². The molecule has 3 N–H and O–H groups in total. The van der Waals surface area contributed by atoms with Crippen molar-refractivity contribution in [1.29, 1.82) is 0 Å². The molecule has 0 aliphatic carbocycles. The standard InChI is InChI=1S/C10H13F2NOS/c11-10(12)6-15-9-4-2-1-3-7(9)8(14)5-13/h1-4,8,10,14H,5-6,13H2. The van der Waals surface area contributed by atoms with Crippen LogP contribution in [0.4, 0.5) is 8.78 Å². The molecule has 1 unspecified atom stereocenters. The van der Waals surface area contributed by atoms with Gasteiger partial charge in [0.1, 0.15) is 0 Å². The Hall–Kier alpha value is -0.650. The van der Waals surface area contributed by atoms with Crippen molar-refractivity contribution in [3.8, 4) is 0 Å². The van der Waals surface area contributed by atoms with Crippen LogP contribution < -0.4 is 5.73 Å². The highest BCUT2D eigenvalue weighted by Crippen LogP contribution is 2.28. The van der Waals surface area contributed by atoms with Crippen LogP contribution in [0.5, 0.6) is 0 Å². The fourth-order valence-corrected chi connectivity index (χ4v) is 2.02. The molecule has 2 nitrogen and oxygen atoms in total. The molecule has 0 amide bonds. The number of alkyl halides is 2. The Balaban J connectivity index is 2.77. The number of nitrogens with two attached hydrogens (primary N) is 1. The van der Waals surface area contributed by atoms with Crippen molar-refractivity contribution in [1.82, 2.24) is 0 Å². The minimum absolute atomic E-state index is 0.0895. The summed E-state index contributed by atoms with van der Waals surface area (Å²) in [6.07, 6.45) is -3.13. The van der Waals surface area contributed by atoms with Gasteiger partial charge in [-0.25, -0.2) is 8.78 Å². The highest BCUT2D eigenvalue weighted by Gasteiger charge is 2.12. The zero-order valence-corrected chi connectivity index (χ0v) is 8.88. The molecule has 0 radical (unpaired) electrons. The smallest absolute Gasteiger partial charge is 0.247 e. The van der Waals surface area contributed by atoms with Crippen molar-refractivity contribution in [3.63, 3.8) is 0 Å². The molecular formula is C10H13F2NOS. The number of aliphatic hydroxyl groups excluding tert-OH is 1.